The van der Waals surface area contributed by atoms with Crippen molar-refractivity contribution in [3.63, 3.8) is 0 Å². The van der Waals surface area contributed by atoms with Crippen molar-refractivity contribution in [3.05, 3.63) is 0 Å². The second-order valence-corrected chi connectivity index (χ2v) is 4.88. The minimum absolute atomic E-state index is 0.393. The van der Waals surface area contributed by atoms with Crippen LogP contribution in [-0.4, -0.2) is 17.4 Å². The normalized spacial score (nSPS) is 12.4. The molecule has 0 saturated heterocycles. The van der Waals surface area contributed by atoms with Crippen LogP contribution in [0.1, 0.15) is 67.2 Å². The molecule has 0 amide bonds. The van der Waals surface area contributed by atoms with Crippen molar-refractivity contribution in [2.75, 3.05) is 0 Å². The van der Waals surface area contributed by atoms with E-state index in [0.717, 1.165) is 25.7 Å². The number of carbonyl (C=O) groups is 1. The summed E-state index contributed by atoms with van der Waals surface area (Å²) >= 11 is 0. The highest BCUT2D eigenvalue weighted by atomic mass is 17.2. The van der Waals surface area contributed by atoms with Crippen molar-refractivity contribution < 1.29 is 19.3 Å². The average Bonchev–Trinajstić information content (AvgIpc) is 2.31. The van der Waals surface area contributed by atoms with Gasteiger partial charge in [0.05, 0.1) is 0 Å². The summed E-state index contributed by atoms with van der Waals surface area (Å²) in [6.07, 6.45) is 2.35. The number of hydrogen-bond acceptors (Lipinski definition) is 4. The Morgan fingerprint density at radius 1 is 0.941 bits per heavy atom. The Morgan fingerprint density at radius 3 is 1.76 bits per heavy atom. The molecule has 102 valence electrons. The first-order valence-electron chi connectivity index (χ1n) is 6.43. The molecule has 0 aliphatic heterocycles. The molecule has 0 saturated carbocycles. The van der Waals surface area contributed by atoms with Crippen molar-refractivity contribution in [2.45, 2.75) is 78.4 Å². The molecule has 0 atom stereocenters. The average molecular weight is 246 g/mol. The van der Waals surface area contributed by atoms with E-state index >= 15 is 0 Å². The zero-order chi connectivity index (χ0) is 13.5. The molecule has 0 heterocycles. The maximum atomic E-state index is 11.4. The zero-order valence-electron chi connectivity index (χ0n) is 12.0. The molecule has 0 spiro atoms. The summed E-state index contributed by atoms with van der Waals surface area (Å²) in [5, 5.41) is 0. The smallest absolute Gasteiger partial charge is 0.426 e. The molecule has 17 heavy (non-hydrogen) atoms. The van der Waals surface area contributed by atoms with Crippen LogP contribution in [-0.2, 0) is 14.5 Å². The topological polar surface area (TPSA) is 44.8 Å². The highest BCUT2D eigenvalue weighted by Crippen LogP contribution is 2.25. The van der Waals surface area contributed by atoms with E-state index < -0.39 is 17.4 Å². The fraction of sp³-hybridized carbons (Fsp3) is 0.923. The van der Waals surface area contributed by atoms with Crippen LogP contribution < -0.4 is 0 Å². The number of rotatable bonds is 7. The molecule has 0 bridgehead atoms. The van der Waals surface area contributed by atoms with Crippen molar-refractivity contribution in [2.24, 2.45) is 0 Å². The van der Waals surface area contributed by atoms with Crippen LogP contribution in [0, 0.1) is 0 Å². The number of hydrogen-bond donors (Lipinski definition) is 0. The largest absolute Gasteiger partial charge is 0.541 e. The quantitative estimate of drug-likeness (QED) is 0.383. The van der Waals surface area contributed by atoms with Crippen LogP contribution in [0.15, 0.2) is 0 Å². The monoisotopic (exact) mass is 246 g/mol. The third-order valence-corrected chi connectivity index (χ3v) is 3.43. The molecule has 0 aliphatic rings. The molecule has 0 fully saturated rings. The summed E-state index contributed by atoms with van der Waals surface area (Å²) in [5.74, 6) is 0. The minimum atomic E-state index is -0.767. The molecule has 0 aromatic carbocycles. The summed E-state index contributed by atoms with van der Waals surface area (Å²) < 4.78 is 5.13. The van der Waals surface area contributed by atoms with Crippen molar-refractivity contribution in [1.82, 2.24) is 0 Å². The van der Waals surface area contributed by atoms with Gasteiger partial charge in [-0.05, 0) is 39.5 Å². The number of ether oxygens (including phenoxy) is 1. The van der Waals surface area contributed by atoms with Gasteiger partial charge in [0.25, 0.3) is 0 Å². The van der Waals surface area contributed by atoms with Gasteiger partial charge in [-0.2, -0.15) is 4.89 Å². The van der Waals surface area contributed by atoms with Gasteiger partial charge in [0, 0.05) is 0 Å². The van der Waals surface area contributed by atoms with Crippen LogP contribution >= 0.6 is 0 Å². The predicted octanol–water partition coefficient (Wildman–Crippen LogP) is 4.23. The number of carbonyl (C=O) groups excluding carboxylic acids is 1. The Labute approximate surface area is 105 Å². The fourth-order valence-corrected chi connectivity index (χ4v) is 1.36. The second-order valence-electron chi connectivity index (χ2n) is 4.88. The molecular formula is C13H26O4. The van der Waals surface area contributed by atoms with Crippen molar-refractivity contribution in [3.8, 4) is 0 Å². The highest BCUT2D eigenvalue weighted by Gasteiger charge is 2.30. The van der Waals surface area contributed by atoms with E-state index in [9.17, 15) is 4.79 Å². The van der Waals surface area contributed by atoms with Gasteiger partial charge in [-0.15, -0.1) is 0 Å². The molecule has 0 rings (SSSR count). The van der Waals surface area contributed by atoms with Crippen LogP contribution in [0.4, 0.5) is 4.79 Å². The third-order valence-electron chi connectivity index (χ3n) is 3.43. The van der Waals surface area contributed by atoms with Gasteiger partial charge in [0.1, 0.15) is 11.2 Å². The van der Waals surface area contributed by atoms with Crippen LogP contribution in [0.5, 0.6) is 0 Å². The Hall–Kier alpha value is -0.770. The fourth-order valence-electron chi connectivity index (χ4n) is 1.36. The van der Waals surface area contributed by atoms with Gasteiger partial charge in [-0.3, -0.25) is 4.89 Å². The van der Waals surface area contributed by atoms with Crippen LogP contribution in [0.3, 0.4) is 0 Å². The Kier molecular flexibility index (Phi) is 6.53. The van der Waals surface area contributed by atoms with E-state index in [0.29, 0.717) is 0 Å². The van der Waals surface area contributed by atoms with Gasteiger partial charge < -0.3 is 4.74 Å². The van der Waals surface area contributed by atoms with E-state index in [2.05, 4.69) is 0 Å². The van der Waals surface area contributed by atoms with Gasteiger partial charge in [-0.25, -0.2) is 4.79 Å². The maximum Gasteiger partial charge on any atom is 0.541 e. The summed E-state index contributed by atoms with van der Waals surface area (Å²) in [6.45, 7) is 11.7. The molecule has 4 nitrogen and oxygen atoms in total. The lowest BCUT2D eigenvalue weighted by Gasteiger charge is -2.28. The summed E-state index contributed by atoms with van der Waals surface area (Å²) in [5.41, 5.74) is -0.914. The van der Waals surface area contributed by atoms with E-state index in [4.69, 9.17) is 14.5 Å². The maximum absolute atomic E-state index is 11.4. The van der Waals surface area contributed by atoms with Crippen molar-refractivity contribution in [1.29, 1.82) is 0 Å². The standard InChI is InChI=1S/C13H26O4/c1-7-12(5,6)15-11(14)16-17-13(8-2,9-3)10-4/h7-10H2,1-6H3. The Balaban J connectivity index is 4.23. The Bertz CT molecular complexity index is 223. The molecule has 0 unspecified atom stereocenters. The van der Waals surface area contributed by atoms with Crippen molar-refractivity contribution >= 4 is 6.16 Å². The lowest BCUT2D eigenvalue weighted by Crippen LogP contribution is -2.34. The van der Waals surface area contributed by atoms with Gasteiger partial charge in [0.2, 0.25) is 0 Å². The summed E-state index contributed by atoms with van der Waals surface area (Å²) in [7, 11) is 0. The SMILES string of the molecule is CCC(C)(C)OC(=O)OOC(CC)(CC)CC. The summed E-state index contributed by atoms with van der Waals surface area (Å²) in [6, 6.07) is 0. The van der Waals surface area contributed by atoms with E-state index in [-0.39, 0.29) is 0 Å². The van der Waals surface area contributed by atoms with Gasteiger partial charge in [0.15, 0.2) is 0 Å². The first-order valence-corrected chi connectivity index (χ1v) is 6.43. The predicted molar refractivity (Wildman–Crippen MR) is 66.6 cm³/mol. The molecule has 0 aliphatic carbocycles. The van der Waals surface area contributed by atoms with E-state index in [1.165, 1.54) is 0 Å². The molecular weight excluding hydrogens is 220 g/mol. The summed E-state index contributed by atoms with van der Waals surface area (Å²) in [4.78, 5) is 21.5. The van der Waals surface area contributed by atoms with E-state index in [1.807, 2.05) is 41.5 Å². The molecule has 0 aromatic rings. The van der Waals surface area contributed by atoms with Gasteiger partial charge >= 0.3 is 6.16 Å². The molecule has 0 radical (unpaired) electrons. The zero-order valence-corrected chi connectivity index (χ0v) is 12.0. The molecule has 0 N–H and O–H groups in total. The lowest BCUT2D eigenvalue weighted by atomic mass is 9.95. The minimum Gasteiger partial charge on any atom is -0.426 e. The van der Waals surface area contributed by atoms with E-state index in [1.54, 1.807) is 0 Å². The second kappa shape index (κ2) is 6.84. The molecule has 0 aromatic heterocycles. The lowest BCUT2D eigenvalue weighted by molar-refractivity contribution is -0.333. The molecule has 4 heteroatoms. The first kappa shape index (κ1) is 16.2. The van der Waals surface area contributed by atoms with Crippen LogP contribution in [0.2, 0.25) is 0 Å². The first-order chi connectivity index (χ1) is 7.84. The highest BCUT2D eigenvalue weighted by molar-refractivity contribution is 5.59. The van der Waals surface area contributed by atoms with Crippen LogP contribution in [0.25, 0.3) is 0 Å². The third kappa shape index (κ3) is 5.39. The van der Waals surface area contributed by atoms with Gasteiger partial charge in [-0.1, -0.05) is 27.7 Å². The Morgan fingerprint density at radius 2 is 1.41 bits per heavy atom.